The summed E-state index contributed by atoms with van der Waals surface area (Å²) < 4.78 is 35.8. The fourth-order valence-electron chi connectivity index (χ4n) is 2.93. The minimum Gasteiger partial charge on any atom is -0.462 e. The zero-order valence-corrected chi connectivity index (χ0v) is 20.0. The lowest BCUT2D eigenvalue weighted by Crippen LogP contribution is -2.39. The largest absolute Gasteiger partial charge is 0.462 e. The van der Waals surface area contributed by atoms with Crippen molar-refractivity contribution < 1.29 is 27.2 Å². The molecule has 0 spiro atoms. The minimum absolute atomic E-state index is 0.263. The van der Waals surface area contributed by atoms with Gasteiger partial charge in [0.1, 0.15) is 18.1 Å². The molecule has 1 aromatic heterocycles. The number of hydrogen-bond donors (Lipinski definition) is 1. The number of hydrazone groups is 1. The van der Waals surface area contributed by atoms with Gasteiger partial charge < -0.3 is 9.15 Å². The van der Waals surface area contributed by atoms with E-state index in [1.54, 1.807) is 55.5 Å². The van der Waals surface area contributed by atoms with Crippen LogP contribution in [0.15, 0.2) is 70.2 Å². The SMILES string of the molecule is CCOC(=O)c1ccc(-c2ccc(/C=N\NC(=O)CN(c3cccc(Cl)c3)S(C)(=O)=O)o2)cc1. The summed E-state index contributed by atoms with van der Waals surface area (Å²) in [7, 11) is -3.73. The van der Waals surface area contributed by atoms with Crippen molar-refractivity contribution in [1.29, 1.82) is 0 Å². The Morgan fingerprint density at radius 3 is 2.53 bits per heavy atom. The molecule has 11 heteroatoms. The van der Waals surface area contributed by atoms with Crippen LogP contribution in [0.1, 0.15) is 23.0 Å². The molecular weight excluding hydrogens is 482 g/mol. The van der Waals surface area contributed by atoms with Crippen molar-refractivity contribution in [3.8, 4) is 11.3 Å². The Hall–Kier alpha value is -3.63. The molecule has 3 rings (SSSR count). The van der Waals surface area contributed by atoms with Gasteiger partial charge in [0.15, 0.2) is 0 Å². The van der Waals surface area contributed by atoms with Gasteiger partial charge in [-0.25, -0.2) is 18.6 Å². The maximum absolute atomic E-state index is 12.3. The van der Waals surface area contributed by atoms with Gasteiger partial charge in [0.25, 0.3) is 5.91 Å². The Bertz CT molecular complexity index is 1300. The van der Waals surface area contributed by atoms with Gasteiger partial charge in [-0.2, -0.15) is 5.10 Å². The van der Waals surface area contributed by atoms with E-state index in [9.17, 15) is 18.0 Å². The first-order valence-electron chi connectivity index (χ1n) is 10.1. The number of nitrogens with one attached hydrogen (secondary N) is 1. The second-order valence-corrected chi connectivity index (χ2v) is 9.39. The summed E-state index contributed by atoms with van der Waals surface area (Å²) in [4.78, 5) is 24.0. The monoisotopic (exact) mass is 503 g/mol. The van der Waals surface area contributed by atoms with Crippen LogP contribution in [0.2, 0.25) is 5.02 Å². The Kier molecular flexibility index (Phi) is 8.08. The lowest BCUT2D eigenvalue weighted by atomic mass is 10.1. The van der Waals surface area contributed by atoms with Crippen molar-refractivity contribution in [2.24, 2.45) is 5.10 Å². The van der Waals surface area contributed by atoms with Crippen molar-refractivity contribution in [2.45, 2.75) is 6.92 Å². The predicted octanol–water partition coefficient (Wildman–Crippen LogP) is 3.69. The molecule has 0 bridgehead atoms. The highest BCUT2D eigenvalue weighted by Crippen LogP contribution is 2.23. The van der Waals surface area contributed by atoms with Crippen LogP contribution in [-0.4, -0.2) is 45.9 Å². The molecule has 34 heavy (non-hydrogen) atoms. The van der Waals surface area contributed by atoms with Crippen molar-refractivity contribution in [3.05, 3.63) is 77.0 Å². The number of amides is 1. The van der Waals surface area contributed by atoms with Gasteiger partial charge in [0.05, 0.1) is 30.3 Å². The van der Waals surface area contributed by atoms with Crippen LogP contribution in [0.3, 0.4) is 0 Å². The van der Waals surface area contributed by atoms with Crippen LogP contribution >= 0.6 is 11.6 Å². The number of rotatable bonds is 9. The normalized spacial score (nSPS) is 11.4. The highest BCUT2D eigenvalue weighted by molar-refractivity contribution is 7.92. The van der Waals surface area contributed by atoms with Crippen LogP contribution in [-0.2, 0) is 19.6 Å². The highest BCUT2D eigenvalue weighted by Gasteiger charge is 2.21. The molecule has 0 radical (unpaired) electrons. The average molecular weight is 504 g/mol. The van der Waals surface area contributed by atoms with Gasteiger partial charge in [-0.05, 0) is 49.4 Å². The summed E-state index contributed by atoms with van der Waals surface area (Å²) in [5.41, 5.74) is 3.71. The Balaban J connectivity index is 1.62. The van der Waals surface area contributed by atoms with E-state index in [0.29, 0.717) is 28.7 Å². The summed E-state index contributed by atoms with van der Waals surface area (Å²) in [6, 6.07) is 16.3. The molecule has 178 valence electrons. The number of carbonyl (C=O) groups is 2. The lowest BCUT2D eigenvalue weighted by Gasteiger charge is -2.21. The van der Waals surface area contributed by atoms with Crippen molar-refractivity contribution in [1.82, 2.24) is 5.43 Å². The molecule has 0 aliphatic rings. The zero-order valence-electron chi connectivity index (χ0n) is 18.4. The van der Waals surface area contributed by atoms with Gasteiger partial charge in [0.2, 0.25) is 10.0 Å². The van der Waals surface area contributed by atoms with Crippen LogP contribution in [0.4, 0.5) is 5.69 Å². The Labute approximate surface area is 202 Å². The number of benzene rings is 2. The van der Waals surface area contributed by atoms with Crippen LogP contribution < -0.4 is 9.73 Å². The van der Waals surface area contributed by atoms with Crippen LogP contribution in [0, 0.1) is 0 Å². The van der Waals surface area contributed by atoms with E-state index in [2.05, 4.69) is 10.5 Å². The summed E-state index contributed by atoms with van der Waals surface area (Å²) in [6.07, 6.45) is 2.28. The van der Waals surface area contributed by atoms with Crippen molar-refractivity contribution >= 4 is 45.4 Å². The number of anilines is 1. The molecule has 0 unspecified atom stereocenters. The summed E-state index contributed by atoms with van der Waals surface area (Å²) in [5.74, 6) is -0.156. The maximum Gasteiger partial charge on any atom is 0.338 e. The van der Waals surface area contributed by atoms with E-state index in [4.69, 9.17) is 20.8 Å². The topological polar surface area (TPSA) is 118 Å². The molecule has 1 N–H and O–H groups in total. The fraction of sp³-hybridized carbons (Fsp3) is 0.174. The van der Waals surface area contributed by atoms with Gasteiger partial charge in [-0.1, -0.05) is 29.8 Å². The zero-order chi connectivity index (χ0) is 24.7. The first kappa shape index (κ1) is 25.0. The Morgan fingerprint density at radius 1 is 1.15 bits per heavy atom. The summed E-state index contributed by atoms with van der Waals surface area (Å²) in [6.45, 7) is 1.55. The molecule has 1 amide bonds. The number of sulfonamides is 1. The summed E-state index contributed by atoms with van der Waals surface area (Å²) >= 11 is 5.93. The smallest absolute Gasteiger partial charge is 0.338 e. The van der Waals surface area contributed by atoms with Gasteiger partial charge >= 0.3 is 5.97 Å². The standard InChI is InChI=1S/C23H22ClN3O6S/c1-3-32-23(29)17-9-7-16(8-10-17)21-12-11-20(33-21)14-25-26-22(28)15-27(34(2,30)31)19-6-4-5-18(24)13-19/h4-14H,3,15H2,1-2H3,(H,26,28)/b25-14-. The van der Waals surface area contributed by atoms with Crippen molar-refractivity contribution in [3.63, 3.8) is 0 Å². The van der Waals surface area contributed by atoms with Crippen LogP contribution in [0.25, 0.3) is 11.3 Å². The molecular formula is C23H22ClN3O6S. The average Bonchev–Trinajstić information content (AvgIpc) is 3.26. The van der Waals surface area contributed by atoms with E-state index in [1.807, 2.05) is 0 Å². The predicted molar refractivity (Wildman–Crippen MR) is 129 cm³/mol. The lowest BCUT2D eigenvalue weighted by molar-refractivity contribution is -0.119. The number of furan rings is 1. The molecule has 0 saturated heterocycles. The molecule has 0 fully saturated rings. The number of halogens is 1. The minimum atomic E-state index is -3.73. The number of carbonyl (C=O) groups excluding carboxylic acids is 2. The molecule has 3 aromatic rings. The molecule has 0 saturated carbocycles. The van der Waals surface area contributed by atoms with Gasteiger partial charge in [-0.3, -0.25) is 9.10 Å². The van der Waals surface area contributed by atoms with E-state index in [0.717, 1.165) is 16.1 Å². The van der Waals surface area contributed by atoms with Crippen molar-refractivity contribution in [2.75, 3.05) is 23.7 Å². The quantitative estimate of drug-likeness (QED) is 0.270. The molecule has 0 aliphatic carbocycles. The molecule has 0 atom stereocenters. The summed E-state index contributed by atoms with van der Waals surface area (Å²) in [5, 5.41) is 4.17. The second-order valence-electron chi connectivity index (χ2n) is 7.04. The van der Waals surface area contributed by atoms with E-state index >= 15 is 0 Å². The van der Waals surface area contributed by atoms with E-state index in [-0.39, 0.29) is 5.69 Å². The molecule has 0 aliphatic heterocycles. The van der Waals surface area contributed by atoms with E-state index < -0.39 is 28.4 Å². The third-order valence-corrected chi connectivity index (χ3v) is 5.85. The molecule has 1 heterocycles. The number of ether oxygens (including phenoxy) is 1. The molecule has 2 aromatic carbocycles. The second kappa shape index (κ2) is 11.0. The third kappa shape index (κ3) is 6.69. The number of hydrogen-bond acceptors (Lipinski definition) is 7. The Morgan fingerprint density at radius 2 is 1.88 bits per heavy atom. The third-order valence-electron chi connectivity index (χ3n) is 4.47. The molecule has 9 nitrogen and oxygen atoms in total. The number of nitrogens with zero attached hydrogens (tertiary/aromatic N) is 2. The first-order chi connectivity index (χ1) is 16.2. The maximum atomic E-state index is 12.3. The first-order valence-corrected chi connectivity index (χ1v) is 12.3. The number of esters is 1. The van der Waals surface area contributed by atoms with Gasteiger partial charge in [0, 0.05) is 10.6 Å². The van der Waals surface area contributed by atoms with Crippen LogP contribution in [0.5, 0.6) is 0 Å². The van der Waals surface area contributed by atoms with Gasteiger partial charge in [-0.15, -0.1) is 0 Å². The van der Waals surface area contributed by atoms with E-state index in [1.165, 1.54) is 18.3 Å². The fourth-order valence-corrected chi connectivity index (χ4v) is 3.96. The highest BCUT2D eigenvalue weighted by atomic mass is 35.5.